The molecule has 12 heteroatoms. The first-order valence-electron chi connectivity index (χ1n) is 13.1. The Labute approximate surface area is 257 Å². The molecule has 0 radical (unpaired) electrons. The summed E-state index contributed by atoms with van der Waals surface area (Å²) in [5.41, 5.74) is 4.78. The molecule has 0 bridgehead atoms. The summed E-state index contributed by atoms with van der Waals surface area (Å²) in [4.78, 5) is 50.5. The van der Waals surface area contributed by atoms with Crippen LogP contribution in [0.2, 0.25) is 5.02 Å². The van der Waals surface area contributed by atoms with E-state index in [-0.39, 0.29) is 33.3 Å². The van der Waals surface area contributed by atoms with Crippen molar-refractivity contribution >= 4 is 53.0 Å². The van der Waals surface area contributed by atoms with Crippen molar-refractivity contribution in [2.45, 2.75) is 0 Å². The van der Waals surface area contributed by atoms with Crippen molar-refractivity contribution in [2.75, 3.05) is 19.0 Å². The first kappa shape index (κ1) is 31.1. The lowest BCUT2D eigenvalue weighted by Gasteiger charge is -2.13. The lowest BCUT2D eigenvalue weighted by Crippen LogP contribution is -2.33. The molecule has 0 saturated carbocycles. The van der Waals surface area contributed by atoms with E-state index in [1.54, 1.807) is 36.4 Å². The highest BCUT2D eigenvalue weighted by molar-refractivity contribution is 6.34. The lowest BCUT2D eigenvalue weighted by atomic mass is 10.1. The molecule has 0 unspecified atom stereocenters. The van der Waals surface area contributed by atoms with E-state index < -0.39 is 22.7 Å². The van der Waals surface area contributed by atoms with Crippen LogP contribution in [-0.4, -0.2) is 43.0 Å². The van der Waals surface area contributed by atoms with Crippen molar-refractivity contribution in [2.24, 2.45) is 5.10 Å². The van der Waals surface area contributed by atoms with Crippen LogP contribution in [0, 0.1) is 10.1 Å². The van der Waals surface area contributed by atoms with E-state index in [0.29, 0.717) is 11.1 Å². The van der Waals surface area contributed by atoms with Gasteiger partial charge in [0.1, 0.15) is 11.4 Å². The molecule has 4 aromatic rings. The lowest BCUT2D eigenvalue weighted by molar-refractivity contribution is -0.384. The van der Waals surface area contributed by atoms with Crippen LogP contribution in [-0.2, 0) is 4.79 Å². The number of benzene rings is 4. The number of amides is 2. The van der Waals surface area contributed by atoms with E-state index in [1.807, 2.05) is 43.3 Å². The molecule has 44 heavy (non-hydrogen) atoms. The average molecular weight is 612 g/mol. The number of carbonyl (C=O) groups excluding carboxylic acids is 3. The van der Waals surface area contributed by atoms with Crippen molar-refractivity contribution in [1.29, 1.82) is 0 Å². The number of ether oxygens (including phenoxy) is 1. The number of nitro groups is 1. The molecule has 222 valence electrons. The maximum atomic E-state index is 13.1. The standard InChI is InChI=1S/C32H26ClN5O6/c1-37(2)24-13-7-21(8-14-24)19-29(35-30(39)27-5-3-4-6-28(27)33)31(40)36-34-20-22-9-17-26(18-10-22)44-32(41)23-11-15-25(16-12-23)38(42)43/h3-20H,1-2H3,(H,35,39)(H,36,40). The highest BCUT2D eigenvalue weighted by Gasteiger charge is 2.17. The Hall–Kier alpha value is -5.81. The van der Waals surface area contributed by atoms with E-state index in [0.717, 1.165) is 5.69 Å². The van der Waals surface area contributed by atoms with E-state index in [9.17, 15) is 24.5 Å². The zero-order valence-electron chi connectivity index (χ0n) is 23.6. The SMILES string of the molecule is CN(C)c1ccc(C=C(NC(=O)c2ccccc2Cl)C(=O)NN=Cc2ccc(OC(=O)c3ccc([N+](=O)[O-])cc3)cc2)cc1. The average Bonchev–Trinajstić information content (AvgIpc) is 3.02. The number of hydrogen-bond acceptors (Lipinski definition) is 8. The number of rotatable bonds is 10. The smallest absolute Gasteiger partial charge is 0.343 e. The van der Waals surface area contributed by atoms with Gasteiger partial charge in [0.15, 0.2) is 0 Å². The van der Waals surface area contributed by atoms with Gasteiger partial charge < -0.3 is 15.0 Å². The highest BCUT2D eigenvalue weighted by Crippen LogP contribution is 2.18. The Balaban J connectivity index is 1.43. The minimum Gasteiger partial charge on any atom is -0.423 e. The maximum Gasteiger partial charge on any atom is 0.343 e. The molecule has 2 amide bonds. The summed E-state index contributed by atoms with van der Waals surface area (Å²) in [6, 6.07) is 25.2. The van der Waals surface area contributed by atoms with Crippen LogP contribution in [0.4, 0.5) is 11.4 Å². The fourth-order valence-electron chi connectivity index (χ4n) is 3.76. The number of nitrogens with one attached hydrogen (secondary N) is 2. The number of esters is 1. The van der Waals surface area contributed by atoms with Crippen LogP contribution in [0.15, 0.2) is 108 Å². The molecule has 0 spiro atoms. The third-order valence-corrected chi connectivity index (χ3v) is 6.45. The first-order valence-corrected chi connectivity index (χ1v) is 13.4. The molecule has 0 aliphatic rings. The summed E-state index contributed by atoms with van der Waals surface area (Å²) >= 11 is 6.17. The molecule has 4 aromatic carbocycles. The summed E-state index contributed by atoms with van der Waals surface area (Å²) in [5, 5.41) is 17.6. The predicted molar refractivity (Wildman–Crippen MR) is 168 cm³/mol. The molecule has 0 aliphatic heterocycles. The minimum atomic E-state index is -0.678. The summed E-state index contributed by atoms with van der Waals surface area (Å²) in [6.45, 7) is 0. The van der Waals surface area contributed by atoms with Crippen molar-refractivity contribution in [3.8, 4) is 5.75 Å². The van der Waals surface area contributed by atoms with Crippen LogP contribution >= 0.6 is 11.6 Å². The second-order valence-electron chi connectivity index (χ2n) is 9.44. The molecule has 0 atom stereocenters. The van der Waals surface area contributed by atoms with E-state index in [2.05, 4.69) is 15.8 Å². The predicted octanol–water partition coefficient (Wildman–Crippen LogP) is 5.45. The third kappa shape index (κ3) is 8.37. The minimum absolute atomic E-state index is 0.0572. The summed E-state index contributed by atoms with van der Waals surface area (Å²) in [6.07, 6.45) is 2.90. The fraction of sp³-hybridized carbons (Fsp3) is 0.0625. The number of halogens is 1. The van der Waals surface area contributed by atoms with Crippen molar-refractivity contribution in [1.82, 2.24) is 10.7 Å². The van der Waals surface area contributed by atoms with E-state index in [1.165, 1.54) is 48.7 Å². The van der Waals surface area contributed by atoms with Gasteiger partial charge in [-0.25, -0.2) is 10.2 Å². The van der Waals surface area contributed by atoms with Gasteiger partial charge in [0, 0.05) is 31.9 Å². The molecular weight excluding hydrogens is 586 g/mol. The van der Waals surface area contributed by atoms with Crippen molar-refractivity contribution in [3.63, 3.8) is 0 Å². The molecule has 0 heterocycles. The van der Waals surface area contributed by atoms with E-state index in [4.69, 9.17) is 16.3 Å². The largest absolute Gasteiger partial charge is 0.423 e. The van der Waals surface area contributed by atoms with Gasteiger partial charge in [-0.2, -0.15) is 5.10 Å². The zero-order chi connectivity index (χ0) is 31.6. The summed E-state index contributed by atoms with van der Waals surface area (Å²) in [7, 11) is 3.82. The van der Waals surface area contributed by atoms with Gasteiger partial charge in [0.2, 0.25) is 0 Å². The van der Waals surface area contributed by atoms with Crippen LogP contribution < -0.4 is 20.4 Å². The third-order valence-electron chi connectivity index (χ3n) is 6.12. The van der Waals surface area contributed by atoms with E-state index >= 15 is 0 Å². The van der Waals surface area contributed by atoms with Crippen molar-refractivity contribution < 1.29 is 24.0 Å². The molecule has 4 rings (SSSR count). The number of hydrogen-bond donors (Lipinski definition) is 2. The number of nitrogens with zero attached hydrogens (tertiary/aromatic N) is 3. The highest BCUT2D eigenvalue weighted by atomic mass is 35.5. The maximum absolute atomic E-state index is 13.1. The normalized spacial score (nSPS) is 11.1. The molecular formula is C32H26ClN5O6. The van der Waals surface area contributed by atoms with Gasteiger partial charge in [-0.3, -0.25) is 19.7 Å². The van der Waals surface area contributed by atoms with Gasteiger partial charge in [0.25, 0.3) is 17.5 Å². The number of nitro benzene ring substituents is 1. The molecule has 0 fully saturated rings. The quantitative estimate of drug-likeness (QED) is 0.0606. The van der Waals surface area contributed by atoms with Gasteiger partial charge in [-0.1, -0.05) is 35.9 Å². The Kier molecular flexibility index (Phi) is 10.2. The molecule has 2 N–H and O–H groups in total. The molecule has 0 saturated heterocycles. The summed E-state index contributed by atoms with van der Waals surface area (Å²) < 4.78 is 5.31. The second-order valence-corrected chi connectivity index (χ2v) is 9.85. The number of non-ortho nitro benzene ring substituents is 1. The van der Waals surface area contributed by atoms with Crippen LogP contribution in [0.5, 0.6) is 5.75 Å². The van der Waals surface area contributed by atoms with Gasteiger partial charge >= 0.3 is 5.97 Å². The monoisotopic (exact) mass is 611 g/mol. The van der Waals surface area contributed by atoms with Crippen molar-refractivity contribution in [3.05, 3.63) is 140 Å². The van der Waals surface area contributed by atoms with Crippen LogP contribution in [0.3, 0.4) is 0 Å². The van der Waals surface area contributed by atoms with Crippen LogP contribution in [0.25, 0.3) is 6.08 Å². The van der Waals surface area contributed by atoms with Gasteiger partial charge in [0.05, 0.1) is 27.3 Å². The Morgan fingerprint density at radius 3 is 2.14 bits per heavy atom. The molecule has 11 nitrogen and oxygen atoms in total. The molecule has 0 aliphatic carbocycles. The van der Waals surface area contributed by atoms with Gasteiger partial charge in [-0.05, 0) is 77.9 Å². The number of anilines is 1. The molecule has 0 aromatic heterocycles. The van der Waals surface area contributed by atoms with Crippen LogP contribution in [0.1, 0.15) is 31.8 Å². The first-order chi connectivity index (χ1) is 21.1. The Morgan fingerprint density at radius 2 is 1.52 bits per heavy atom. The summed E-state index contributed by atoms with van der Waals surface area (Å²) in [5.74, 6) is -1.68. The fourth-order valence-corrected chi connectivity index (χ4v) is 3.98. The number of carbonyl (C=O) groups is 3. The van der Waals surface area contributed by atoms with Gasteiger partial charge in [-0.15, -0.1) is 0 Å². The number of hydrazone groups is 1. The Morgan fingerprint density at radius 1 is 0.886 bits per heavy atom. The second kappa shape index (κ2) is 14.4. The zero-order valence-corrected chi connectivity index (χ0v) is 24.3. The topological polar surface area (TPSA) is 143 Å². The Bertz CT molecular complexity index is 1730.